The van der Waals surface area contributed by atoms with Crippen LogP contribution in [0.15, 0.2) is 53.3 Å². The molecule has 3 rings (SSSR count). The number of benzene rings is 1. The Labute approximate surface area is 136 Å². The molecule has 0 spiro atoms. The molecule has 1 atom stereocenters. The lowest BCUT2D eigenvalue weighted by molar-refractivity contribution is 0.0928. The van der Waals surface area contributed by atoms with Gasteiger partial charge in [0.25, 0.3) is 5.91 Å². The lowest BCUT2D eigenvalue weighted by atomic mass is 10.2. The average Bonchev–Trinajstić information content (AvgIpc) is 3.18. The first-order valence-electron chi connectivity index (χ1n) is 6.97. The zero-order valence-corrected chi connectivity index (χ0v) is 13.1. The highest BCUT2D eigenvalue weighted by Gasteiger charge is 2.18. The standard InChI is InChI=1S/C16H14FN3O2S/c1-10(14-3-2-8-22-14)19-15(21)13-9-18-16(23)20(13)12-6-4-11(17)5-7-12/h2-10H,1H3,(H,18,23)(H,19,21). The van der Waals surface area contributed by atoms with E-state index in [0.717, 1.165) is 0 Å². The molecule has 1 unspecified atom stereocenters. The van der Waals surface area contributed by atoms with Crippen LogP contribution in [0.5, 0.6) is 0 Å². The smallest absolute Gasteiger partial charge is 0.270 e. The predicted molar refractivity (Wildman–Crippen MR) is 85.5 cm³/mol. The van der Waals surface area contributed by atoms with Crippen LogP contribution in [-0.2, 0) is 0 Å². The molecule has 2 aromatic heterocycles. The minimum Gasteiger partial charge on any atom is -0.467 e. The van der Waals surface area contributed by atoms with Crippen LogP contribution in [0.4, 0.5) is 4.39 Å². The van der Waals surface area contributed by atoms with Gasteiger partial charge in [-0.3, -0.25) is 9.36 Å². The summed E-state index contributed by atoms with van der Waals surface area (Å²) in [5.41, 5.74) is 0.938. The van der Waals surface area contributed by atoms with Crippen molar-refractivity contribution in [2.24, 2.45) is 0 Å². The minimum atomic E-state index is -0.353. The summed E-state index contributed by atoms with van der Waals surface area (Å²) in [6, 6.07) is 9.01. The number of hydrogen-bond acceptors (Lipinski definition) is 3. The predicted octanol–water partition coefficient (Wildman–Crippen LogP) is 3.76. The van der Waals surface area contributed by atoms with Gasteiger partial charge in [-0.2, -0.15) is 0 Å². The van der Waals surface area contributed by atoms with E-state index >= 15 is 0 Å². The average molecular weight is 331 g/mol. The highest BCUT2D eigenvalue weighted by Crippen LogP contribution is 2.16. The molecule has 1 amide bonds. The SMILES string of the molecule is CC(NC(=O)c1c[nH]c(=S)n1-c1ccc(F)cc1)c1ccco1. The minimum absolute atomic E-state index is 0.289. The normalized spacial score (nSPS) is 12.1. The number of nitrogens with one attached hydrogen (secondary N) is 2. The number of amides is 1. The van der Waals surface area contributed by atoms with Gasteiger partial charge in [-0.25, -0.2) is 4.39 Å². The highest BCUT2D eigenvalue weighted by molar-refractivity contribution is 7.71. The molecule has 0 bridgehead atoms. The summed E-state index contributed by atoms with van der Waals surface area (Å²) in [6.07, 6.45) is 3.07. The van der Waals surface area contributed by atoms with E-state index in [1.807, 2.05) is 6.92 Å². The molecule has 0 saturated carbocycles. The zero-order valence-electron chi connectivity index (χ0n) is 12.2. The molecule has 118 valence electrons. The summed E-state index contributed by atoms with van der Waals surface area (Å²) >= 11 is 5.22. The van der Waals surface area contributed by atoms with Gasteiger partial charge in [0.2, 0.25) is 0 Å². The fraction of sp³-hybridized carbons (Fsp3) is 0.125. The third kappa shape index (κ3) is 3.09. The number of aromatic amines is 1. The zero-order chi connectivity index (χ0) is 16.4. The number of imidazole rings is 1. The van der Waals surface area contributed by atoms with Crippen LogP contribution in [0.3, 0.4) is 0 Å². The molecule has 0 radical (unpaired) electrons. The number of nitrogens with zero attached hydrogens (tertiary/aromatic N) is 1. The second-order valence-corrected chi connectivity index (χ2v) is 5.39. The number of carbonyl (C=O) groups excluding carboxylic acids is 1. The van der Waals surface area contributed by atoms with Crippen molar-refractivity contribution in [1.29, 1.82) is 0 Å². The number of rotatable bonds is 4. The molecular weight excluding hydrogens is 317 g/mol. The molecule has 2 N–H and O–H groups in total. The van der Waals surface area contributed by atoms with Crippen molar-refractivity contribution < 1.29 is 13.6 Å². The van der Waals surface area contributed by atoms with Gasteiger partial charge in [0.05, 0.1) is 12.3 Å². The Bertz CT molecular complexity index is 866. The number of H-pyrrole nitrogens is 1. The second-order valence-electron chi connectivity index (χ2n) is 5.00. The second kappa shape index (κ2) is 6.21. The molecular formula is C16H14FN3O2S. The Hall–Kier alpha value is -2.67. The van der Waals surface area contributed by atoms with Gasteiger partial charge in [-0.15, -0.1) is 0 Å². The maximum absolute atomic E-state index is 13.1. The topological polar surface area (TPSA) is 63.0 Å². The van der Waals surface area contributed by atoms with Crippen LogP contribution in [-0.4, -0.2) is 15.5 Å². The van der Waals surface area contributed by atoms with Crippen molar-refractivity contribution in [2.75, 3.05) is 0 Å². The van der Waals surface area contributed by atoms with E-state index in [9.17, 15) is 9.18 Å². The van der Waals surface area contributed by atoms with Gasteiger partial charge in [0, 0.05) is 11.9 Å². The summed E-state index contributed by atoms with van der Waals surface area (Å²) in [5.74, 6) is -0.0142. The lowest BCUT2D eigenvalue weighted by Gasteiger charge is -2.13. The molecule has 23 heavy (non-hydrogen) atoms. The molecule has 0 aliphatic carbocycles. The number of furan rings is 1. The van der Waals surface area contributed by atoms with E-state index in [1.54, 1.807) is 35.1 Å². The molecule has 0 aliphatic heterocycles. The molecule has 1 aromatic carbocycles. The fourth-order valence-electron chi connectivity index (χ4n) is 2.26. The third-order valence-corrected chi connectivity index (χ3v) is 3.71. The third-order valence-electron chi connectivity index (χ3n) is 3.41. The van der Waals surface area contributed by atoms with Gasteiger partial charge in [0.1, 0.15) is 17.3 Å². The molecule has 3 aromatic rings. The van der Waals surface area contributed by atoms with Gasteiger partial charge in [0.15, 0.2) is 4.77 Å². The molecule has 2 heterocycles. The lowest BCUT2D eigenvalue weighted by Crippen LogP contribution is -2.28. The Morgan fingerprint density at radius 1 is 1.35 bits per heavy atom. The van der Waals surface area contributed by atoms with E-state index in [-0.39, 0.29) is 17.8 Å². The van der Waals surface area contributed by atoms with E-state index in [2.05, 4.69) is 10.3 Å². The van der Waals surface area contributed by atoms with Gasteiger partial charge in [-0.1, -0.05) is 0 Å². The monoisotopic (exact) mass is 331 g/mol. The van der Waals surface area contributed by atoms with Crippen molar-refractivity contribution in [2.45, 2.75) is 13.0 Å². The maximum Gasteiger partial charge on any atom is 0.270 e. The first kappa shape index (κ1) is 15.2. The largest absolute Gasteiger partial charge is 0.467 e. The van der Waals surface area contributed by atoms with Crippen LogP contribution in [0.25, 0.3) is 5.69 Å². The van der Waals surface area contributed by atoms with Crippen LogP contribution in [0.1, 0.15) is 29.2 Å². The molecule has 0 saturated heterocycles. The quantitative estimate of drug-likeness (QED) is 0.716. The van der Waals surface area contributed by atoms with Crippen LogP contribution < -0.4 is 5.32 Å². The van der Waals surface area contributed by atoms with E-state index in [4.69, 9.17) is 16.6 Å². The summed E-state index contributed by atoms with van der Waals surface area (Å²) < 4.78 is 20.3. The Kier molecular flexibility index (Phi) is 4.12. The van der Waals surface area contributed by atoms with Gasteiger partial charge in [-0.05, 0) is 55.5 Å². The summed E-state index contributed by atoms with van der Waals surface area (Å²) in [7, 11) is 0. The summed E-state index contributed by atoms with van der Waals surface area (Å²) in [6.45, 7) is 1.82. The number of carbonyl (C=O) groups is 1. The van der Waals surface area contributed by atoms with Crippen molar-refractivity contribution in [3.05, 3.63) is 70.9 Å². The molecule has 0 fully saturated rings. The van der Waals surface area contributed by atoms with E-state index < -0.39 is 0 Å². The molecule has 0 aliphatic rings. The molecule has 5 nitrogen and oxygen atoms in total. The fourth-order valence-corrected chi connectivity index (χ4v) is 2.52. The first-order valence-corrected chi connectivity index (χ1v) is 7.37. The van der Waals surface area contributed by atoms with Gasteiger partial charge < -0.3 is 14.7 Å². The Morgan fingerprint density at radius 3 is 2.74 bits per heavy atom. The summed E-state index contributed by atoms with van der Waals surface area (Å²) in [4.78, 5) is 15.3. The van der Waals surface area contributed by atoms with Crippen LogP contribution >= 0.6 is 12.2 Å². The molecule has 7 heteroatoms. The van der Waals surface area contributed by atoms with Crippen molar-refractivity contribution >= 4 is 18.1 Å². The number of halogens is 1. The Balaban J connectivity index is 1.90. The number of aromatic nitrogens is 2. The van der Waals surface area contributed by atoms with Crippen molar-refractivity contribution in [3.8, 4) is 5.69 Å². The Morgan fingerprint density at radius 2 is 2.09 bits per heavy atom. The first-order chi connectivity index (χ1) is 11.1. The number of hydrogen-bond donors (Lipinski definition) is 2. The van der Waals surface area contributed by atoms with Crippen LogP contribution in [0.2, 0.25) is 0 Å². The van der Waals surface area contributed by atoms with Crippen molar-refractivity contribution in [3.63, 3.8) is 0 Å². The summed E-state index contributed by atoms with van der Waals surface area (Å²) in [5, 5.41) is 2.84. The van der Waals surface area contributed by atoms with E-state index in [1.165, 1.54) is 18.3 Å². The van der Waals surface area contributed by atoms with Crippen LogP contribution in [0, 0.1) is 10.6 Å². The van der Waals surface area contributed by atoms with E-state index in [0.29, 0.717) is 21.9 Å². The highest BCUT2D eigenvalue weighted by atomic mass is 32.1. The van der Waals surface area contributed by atoms with Gasteiger partial charge >= 0.3 is 0 Å². The van der Waals surface area contributed by atoms with Crippen molar-refractivity contribution in [1.82, 2.24) is 14.9 Å². The maximum atomic E-state index is 13.1.